The average molecular weight is 227 g/mol. The molecule has 3 nitrogen and oxygen atoms in total. The van der Waals surface area contributed by atoms with E-state index >= 15 is 0 Å². The van der Waals surface area contributed by atoms with Crippen LogP contribution in [0.5, 0.6) is 0 Å². The molecule has 17 heavy (non-hydrogen) atoms. The van der Waals surface area contributed by atoms with Crippen molar-refractivity contribution in [2.45, 2.75) is 19.4 Å². The van der Waals surface area contributed by atoms with Gasteiger partial charge >= 0.3 is 0 Å². The van der Waals surface area contributed by atoms with E-state index in [1.54, 1.807) is 0 Å². The maximum absolute atomic E-state index is 4.30. The number of rotatable bonds is 5. The minimum Gasteiger partial charge on any atom is -0.310 e. The van der Waals surface area contributed by atoms with Gasteiger partial charge in [0.2, 0.25) is 0 Å². The fraction of sp³-hybridized carbons (Fsp3) is 0.286. The topological polar surface area (TPSA) is 37.8 Å². The van der Waals surface area contributed by atoms with Crippen LogP contribution in [0.2, 0.25) is 0 Å². The van der Waals surface area contributed by atoms with Crippen LogP contribution in [0.1, 0.15) is 24.2 Å². The Bertz CT molecular complexity index is 428. The van der Waals surface area contributed by atoms with Crippen molar-refractivity contribution in [3.63, 3.8) is 0 Å². The van der Waals surface area contributed by atoms with Crippen LogP contribution in [-0.2, 0) is 6.42 Å². The molecule has 0 spiro atoms. The van der Waals surface area contributed by atoms with E-state index in [4.69, 9.17) is 0 Å². The summed E-state index contributed by atoms with van der Waals surface area (Å²) in [4.78, 5) is 8.32. The molecule has 0 bridgehead atoms. The van der Waals surface area contributed by atoms with E-state index in [2.05, 4.69) is 28.3 Å². The van der Waals surface area contributed by atoms with E-state index < -0.39 is 0 Å². The lowest BCUT2D eigenvalue weighted by atomic mass is 10.1. The molecule has 2 aromatic rings. The third-order valence-corrected chi connectivity index (χ3v) is 2.76. The van der Waals surface area contributed by atoms with Crippen LogP contribution in [0.25, 0.3) is 0 Å². The van der Waals surface area contributed by atoms with Crippen molar-refractivity contribution in [2.24, 2.45) is 0 Å². The first-order chi connectivity index (χ1) is 8.36. The van der Waals surface area contributed by atoms with Gasteiger partial charge in [-0.1, -0.05) is 6.07 Å². The largest absolute Gasteiger partial charge is 0.310 e. The summed E-state index contributed by atoms with van der Waals surface area (Å²) in [5.74, 6) is 0. The lowest BCUT2D eigenvalue weighted by Gasteiger charge is -2.13. The molecule has 0 aliphatic heterocycles. The van der Waals surface area contributed by atoms with Gasteiger partial charge in [-0.05, 0) is 36.8 Å². The van der Waals surface area contributed by atoms with Crippen molar-refractivity contribution in [3.8, 4) is 0 Å². The van der Waals surface area contributed by atoms with Gasteiger partial charge in [-0.2, -0.15) is 0 Å². The molecule has 0 amide bonds. The van der Waals surface area contributed by atoms with Gasteiger partial charge in [-0.15, -0.1) is 0 Å². The zero-order chi connectivity index (χ0) is 11.9. The van der Waals surface area contributed by atoms with Crippen LogP contribution in [0, 0.1) is 0 Å². The molecular weight excluding hydrogens is 210 g/mol. The van der Waals surface area contributed by atoms with Crippen molar-refractivity contribution in [1.82, 2.24) is 15.3 Å². The van der Waals surface area contributed by atoms with Crippen LogP contribution >= 0.6 is 0 Å². The normalized spacial score (nSPS) is 12.3. The van der Waals surface area contributed by atoms with Crippen molar-refractivity contribution in [3.05, 3.63) is 60.2 Å². The van der Waals surface area contributed by atoms with Crippen molar-refractivity contribution in [2.75, 3.05) is 6.54 Å². The van der Waals surface area contributed by atoms with E-state index in [-0.39, 0.29) is 0 Å². The highest BCUT2D eigenvalue weighted by atomic mass is 14.9. The van der Waals surface area contributed by atoms with Gasteiger partial charge in [-0.25, -0.2) is 0 Å². The molecule has 0 saturated carbocycles. The monoisotopic (exact) mass is 227 g/mol. The maximum Gasteiger partial charge on any atom is 0.0416 e. The zero-order valence-corrected chi connectivity index (χ0v) is 10.0. The molecule has 88 valence electrons. The first kappa shape index (κ1) is 11.7. The Labute approximate surface area is 102 Å². The molecule has 0 aliphatic rings. The summed E-state index contributed by atoms with van der Waals surface area (Å²) in [6.45, 7) is 3.09. The van der Waals surface area contributed by atoms with Crippen molar-refractivity contribution in [1.29, 1.82) is 0 Å². The van der Waals surface area contributed by atoms with Crippen LogP contribution in [0.3, 0.4) is 0 Å². The molecular formula is C14H17N3. The van der Waals surface area contributed by atoms with E-state index in [1.165, 1.54) is 5.56 Å². The summed E-state index contributed by atoms with van der Waals surface area (Å²) in [5.41, 5.74) is 2.39. The van der Waals surface area contributed by atoms with E-state index in [0.717, 1.165) is 18.7 Å². The van der Waals surface area contributed by atoms with E-state index in [0.29, 0.717) is 6.04 Å². The number of nitrogens with one attached hydrogen (secondary N) is 1. The minimum absolute atomic E-state index is 0.349. The summed E-state index contributed by atoms with van der Waals surface area (Å²) >= 11 is 0. The molecule has 1 atom stereocenters. The second kappa shape index (κ2) is 6.11. The lowest BCUT2D eigenvalue weighted by Crippen LogP contribution is -2.21. The number of hydrogen-bond acceptors (Lipinski definition) is 3. The van der Waals surface area contributed by atoms with Gasteiger partial charge < -0.3 is 5.32 Å². The summed E-state index contributed by atoms with van der Waals surface area (Å²) < 4.78 is 0. The molecule has 2 heterocycles. The standard InChI is InChI=1S/C14H17N3/c1-12(13-5-9-15-10-6-13)16-11-7-14-4-2-3-8-17-14/h2-6,8-10,12,16H,7,11H2,1H3/t12-/m1/s1. The van der Waals surface area contributed by atoms with Crippen molar-refractivity contribution >= 4 is 0 Å². The number of pyridine rings is 2. The fourth-order valence-corrected chi connectivity index (χ4v) is 1.73. The van der Waals surface area contributed by atoms with Gasteiger partial charge in [0.1, 0.15) is 0 Å². The zero-order valence-electron chi connectivity index (χ0n) is 10.0. The summed E-state index contributed by atoms with van der Waals surface area (Å²) in [7, 11) is 0. The highest BCUT2D eigenvalue weighted by molar-refractivity contribution is 5.14. The van der Waals surface area contributed by atoms with Gasteiger partial charge in [0.15, 0.2) is 0 Å². The summed E-state index contributed by atoms with van der Waals surface area (Å²) in [5, 5.41) is 3.48. The predicted octanol–water partition coefficient (Wildman–Crippen LogP) is 2.37. The number of nitrogens with zero attached hydrogens (tertiary/aromatic N) is 2. The molecule has 2 aromatic heterocycles. The minimum atomic E-state index is 0.349. The molecule has 2 rings (SSSR count). The molecule has 0 unspecified atom stereocenters. The molecule has 0 aliphatic carbocycles. The van der Waals surface area contributed by atoms with Crippen LogP contribution in [0.4, 0.5) is 0 Å². The smallest absolute Gasteiger partial charge is 0.0416 e. The van der Waals surface area contributed by atoms with Gasteiger partial charge in [0, 0.05) is 43.3 Å². The lowest BCUT2D eigenvalue weighted by molar-refractivity contribution is 0.573. The molecule has 0 saturated heterocycles. The second-order valence-electron chi connectivity index (χ2n) is 4.03. The molecule has 0 aromatic carbocycles. The first-order valence-electron chi connectivity index (χ1n) is 5.89. The SMILES string of the molecule is C[C@@H](NCCc1ccccn1)c1ccncc1. The predicted molar refractivity (Wildman–Crippen MR) is 68.6 cm³/mol. The Morgan fingerprint density at radius 1 is 1.12 bits per heavy atom. The van der Waals surface area contributed by atoms with Crippen LogP contribution in [0.15, 0.2) is 48.9 Å². The number of aromatic nitrogens is 2. The second-order valence-corrected chi connectivity index (χ2v) is 4.03. The first-order valence-corrected chi connectivity index (χ1v) is 5.89. The van der Waals surface area contributed by atoms with E-state index in [9.17, 15) is 0 Å². The third kappa shape index (κ3) is 3.64. The molecule has 0 fully saturated rings. The third-order valence-electron chi connectivity index (χ3n) is 2.76. The maximum atomic E-state index is 4.30. The fourth-order valence-electron chi connectivity index (χ4n) is 1.73. The highest BCUT2D eigenvalue weighted by Crippen LogP contribution is 2.09. The number of hydrogen-bond donors (Lipinski definition) is 1. The molecule has 3 heteroatoms. The van der Waals surface area contributed by atoms with Crippen LogP contribution < -0.4 is 5.32 Å². The Balaban J connectivity index is 1.79. The summed E-state index contributed by atoms with van der Waals surface area (Å²) in [6.07, 6.45) is 6.44. The van der Waals surface area contributed by atoms with Gasteiger partial charge in [0.25, 0.3) is 0 Å². The van der Waals surface area contributed by atoms with Gasteiger partial charge in [-0.3, -0.25) is 9.97 Å². The molecule has 0 radical (unpaired) electrons. The van der Waals surface area contributed by atoms with Gasteiger partial charge in [0.05, 0.1) is 0 Å². The Morgan fingerprint density at radius 3 is 2.65 bits per heavy atom. The Morgan fingerprint density at radius 2 is 1.94 bits per heavy atom. The van der Waals surface area contributed by atoms with E-state index in [1.807, 2.05) is 42.9 Å². The molecule has 1 N–H and O–H groups in total. The Hall–Kier alpha value is -1.74. The Kier molecular flexibility index (Phi) is 4.22. The summed E-state index contributed by atoms with van der Waals surface area (Å²) in [6, 6.07) is 10.4. The van der Waals surface area contributed by atoms with Crippen molar-refractivity contribution < 1.29 is 0 Å². The average Bonchev–Trinajstić information content (AvgIpc) is 2.41. The quantitative estimate of drug-likeness (QED) is 0.852. The van der Waals surface area contributed by atoms with Crippen LogP contribution in [-0.4, -0.2) is 16.5 Å². The highest BCUT2D eigenvalue weighted by Gasteiger charge is 2.03.